The van der Waals surface area contributed by atoms with Crippen LogP contribution in [0.1, 0.15) is 162 Å². The highest BCUT2D eigenvalue weighted by Crippen LogP contribution is 2.13. The molecule has 236 valence electrons. The van der Waals surface area contributed by atoms with Crippen LogP contribution >= 0.6 is 0 Å². The molecule has 6 nitrogen and oxygen atoms in total. The van der Waals surface area contributed by atoms with Crippen LogP contribution < -0.4 is 5.32 Å². The van der Waals surface area contributed by atoms with E-state index in [1.165, 1.54) is 109 Å². The molecular formula is C33H63NO5S. The zero-order valence-corrected chi connectivity index (χ0v) is 26.8. The number of aliphatic hydroxyl groups excluding tert-OH is 1. The van der Waals surface area contributed by atoms with Gasteiger partial charge in [0, 0.05) is 6.42 Å². The third-order valence-electron chi connectivity index (χ3n) is 7.38. The molecule has 0 aromatic carbocycles. The topological polar surface area (TPSA) is 104 Å². The van der Waals surface area contributed by atoms with Gasteiger partial charge in [-0.3, -0.25) is 9.35 Å². The molecule has 0 aliphatic rings. The monoisotopic (exact) mass is 585 g/mol. The molecule has 0 radical (unpaired) electrons. The Morgan fingerprint density at radius 2 is 1.07 bits per heavy atom. The fraction of sp³-hybridized carbons (Fsp3) is 0.848. The number of carbonyl (C=O) groups is 1. The van der Waals surface area contributed by atoms with Gasteiger partial charge < -0.3 is 10.4 Å². The first-order chi connectivity index (χ1) is 19.3. The van der Waals surface area contributed by atoms with Crippen molar-refractivity contribution in [3.05, 3.63) is 24.3 Å². The number of amides is 1. The average molecular weight is 586 g/mol. The van der Waals surface area contributed by atoms with Crippen molar-refractivity contribution in [2.45, 2.75) is 174 Å². The minimum atomic E-state index is -4.34. The van der Waals surface area contributed by atoms with Gasteiger partial charge in [-0.1, -0.05) is 147 Å². The molecule has 2 atom stereocenters. The summed E-state index contributed by atoms with van der Waals surface area (Å²) in [5, 5.41) is 13.1. The lowest BCUT2D eigenvalue weighted by Gasteiger charge is -2.21. The van der Waals surface area contributed by atoms with E-state index in [0.29, 0.717) is 6.42 Å². The smallest absolute Gasteiger partial charge is 0.267 e. The van der Waals surface area contributed by atoms with Crippen molar-refractivity contribution in [2.75, 3.05) is 5.75 Å². The molecule has 0 rings (SSSR count). The number of nitrogens with one attached hydrogen (secondary N) is 1. The van der Waals surface area contributed by atoms with Crippen LogP contribution in [0.4, 0.5) is 0 Å². The summed E-state index contributed by atoms with van der Waals surface area (Å²) in [7, 11) is -4.34. The number of carbonyl (C=O) groups excluding carboxylic acids is 1. The summed E-state index contributed by atoms with van der Waals surface area (Å²) in [6.07, 6.45) is 33.0. The molecule has 0 spiro atoms. The van der Waals surface area contributed by atoms with Crippen molar-refractivity contribution in [1.29, 1.82) is 0 Å². The van der Waals surface area contributed by atoms with Gasteiger partial charge in [0.15, 0.2) is 0 Å². The van der Waals surface area contributed by atoms with Crippen LogP contribution in [0.3, 0.4) is 0 Å². The van der Waals surface area contributed by atoms with Crippen molar-refractivity contribution in [1.82, 2.24) is 5.32 Å². The second-order valence-corrected chi connectivity index (χ2v) is 12.9. The molecule has 1 amide bonds. The first kappa shape index (κ1) is 38.8. The second-order valence-electron chi connectivity index (χ2n) is 11.4. The maximum absolute atomic E-state index is 12.4. The lowest BCUT2D eigenvalue weighted by molar-refractivity contribution is -0.122. The number of allylic oxidation sites excluding steroid dienone is 3. The number of hydrogen-bond acceptors (Lipinski definition) is 4. The highest BCUT2D eigenvalue weighted by molar-refractivity contribution is 7.85. The third kappa shape index (κ3) is 28.4. The Labute approximate surface area is 247 Å². The Morgan fingerprint density at radius 3 is 1.57 bits per heavy atom. The molecule has 0 bridgehead atoms. The summed E-state index contributed by atoms with van der Waals surface area (Å²) in [4.78, 5) is 12.4. The van der Waals surface area contributed by atoms with Crippen molar-refractivity contribution >= 4 is 16.0 Å². The fourth-order valence-electron chi connectivity index (χ4n) is 4.88. The predicted molar refractivity (Wildman–Crippen MR) is 170 cm³/mol. The number of rotatable bonds is 29. The minimum absolute atomic E-state index is 0.290. The van der Waals surface area contributed by atoms with Crippen LogP contribution in [-0.2, 0) is 14.9 Å². The van der Waals surface area contributed by atoms with E-state index in [1.807, 2.05) is 0 Å². The maximum atomic E-state index is 12.4. The summed E-state index contributed by atoms with van der Waals surface area (Å²) in [5.74, 6) is -0.997. The zero-order valence-electron chi connectivity index (χ0n) is 26.0. The van der Waals surface area contributed by atoms with E-state index >= 15 is 0 Å². The Morgan fingerprint density at radius 1 is 0.650 bits per heavy atom. The number of aliphatic hydroxyl groups is 1. The Hall–Kier alpha value is -1.18. The van der Waals surface area contributed by atoms with Gasteiger partial charge in [0.2, 0.25) is 5.91 Å². The number of unbranched alkanes of at least 4 members (excludes halogenated alkanes) is 19. The molecule has 2 unspecified atom stereocenters. The Bertz CT molecular complexity index is 735. The summed E-state index contributed by atoms with van der Waals surface area (Å²) in [6.45, 7) is 4.47. The van der Waals surface area contributed by atoms with E-state index in [9.17, 15) is 22.9 Å². The predicted octanol–water partition coefficient (Wildman–Crippen LogP) is 8.84. The van der Waals surface area contributed by atoms with Crippen molar-refractivity contribution in [3.63, 3.8) is 0 Å². The van der Waals surface area contributed by atoms with E-state index < -0.39 is 28.0 Å². The van der Waals surface area contributed by atoms with Gasteiger partial charge in [-0.05, 0) is 32.1 Å². The SMILES string of the molecule is CCCCCCCC/C=C/CC/C=C/C(O)C(CS(=O)(=O)O)NC(=O)CCCCCCCCCCCCCCC. The highest BCUT2D eigenvalue weighted by Gasteiger charge is 2.24. The molecule has 0 aliphatic carbocycles. The molecule has 0 aromatic rings. The standard InChI is InChI=1S/C33H63NO5S/c1-3-5-7-9-11-13-15-17-19-21-23-25-27-29-33(36)34-31(30-40(37,38)39)32(35)28-26-24-22-20-18-16-14-12-10-8-6-4-2/h18,20,26,28,31-32,35H,3-17,19,21-25,27,29-30H2,1-2H3,(H,34,36)(H,37,38,39)/b20-18+,28-26+. The summed E-state index contributed by atoms with van der Waals surface area (Å²) >= 11 is 0. The molecule has 0 heterocycles. The molecule has 0 saturated heterocycles. The van der Waals surface area contributed by atoms with E-state index in [4.69, 9.17) is 0 Å². The van der Waals surface area contributed by atoms with Gasteiger partial charge in [-0.2, -0.15) is 8.42 Å². The molecule has 0 aromatic heterocycles. The lowest BCUT2D eigenvalue weighted by atomic mass is 10.0. The van der Waals surface area contributed by atoms with E-state index in [0.717, 1.165) is 38.5 Å². The van der Waals surface area contributed by atoms with Crippen LogP contribution in [0.2, 0.25) is 0 Å². The first-order valence-corrected chi connectivity index (χ1v) is 18.1. The van der Waals surface area contributed by atoms with Gasteiger partial charge in [-0.15, -0.1) is 0 Å². The molecule has 40 heavy (non-hydrogen) atoms. The third-order valence-corrected chi connectivity index (χ3v) is 8.16. The van der Waals surface area contributed by atoms with E-state index in [-0.39, 0.29) is 5.91 Å². The van der Waals surface area contributed by atoms with Gasteiger partial charge in [0.05, 0.1) is 17.9 Å². The van der Waals surface area contributed by atoms with Crippen LogP contribution in [0, 0.1) is 0 Å². The van der Waals surface area contributed by atoms with Gasteiger partial charge >= 0.3 is 0 Å². The Kier molecular flexibility index (Phi) is 27.1. The van der Waals surface area contributed by atoms with E-state index in [2.05, 4.69) is 31.3 Å². The number of hydrogen-bond donors (Lipinski definition) is 3. The van der Waals surface area contributed by atoms with Crippen LogP contribution in [-0.4, -0.2) is 41.9 Å². The zero-order chi connectivity index (χ0) is 29.7. The molecule has 0 saturated carbocycles. The summed E-state index contributed by atoms with van der Waals surface area (Å²) in [5.41, 5.74) is 0. The van der Waals surface area contributed by atoms with Crippen molar-refractivity contribution < 1.29 is 22.9 Å². The molecule has 0 fully saturated rings. The fourth-order valence-corrected chi connectivity index (χ4v) is 5.61. The molecular weight excluding hydrogens is 522 g/mol. The maximum Gasteiger partial charge on any atom is 0.267 e. The molecule has 7 heteroatoms. The van der Waals surface area contributed by atoms with E-state index in [1.54, 1.807) is 6.08 Å². The van der Waals surface area contributed by atoms with Crippen LogP contribution in [0.5, 0.6) is 0 Å². The molecule has 0 aliphatic heterocycles. The van der Waals surface area contributed by atoms with Crippen molar-refractivity contribution in [3.8, 4) is 0 Å². The van der Waals surface area contributed by atoms with Crippen LogP contribution in [0.15, 0.2) is 24.3 Å². The van der Waals surface area contributed by atoms with Crippen molar-refractivity contribution in [2.24, 2.45) is 0 Å². The summed E-state index contributed by atoms with van der Waals surface area (Å²) in [6, 6.07) is -1.07. The van der Waals surface area contributed by atoms with Gasteiger partial charge in [0.25, 0.3) is 10.1 Å². The minimum Gasteiger partial charge on any atom is -0.387 e. The van der Waals surface area contributed by atoms with Gasteiger partial charge in [-0.25, -0.2) is 0 Å². The Balaban J connectivity index is 4.09. The second kappa shape index (κ2) is 28.0. The largest absolute Gasteiger partial charge is 0.387 e. The van der Waals surface area contributed by atoms with Gasteiger partial charge in [0.1, 0.15) is 0 Å². The van der Waals surface area contributed by atoms with Crippen LogP contribution in [0.25, 0.3) is 0 Å². The average Bonchev–Trinajstić information content (AvgIpc) is 2.90. The highest BCUT2D eigenvalue weighted by atomic mass is 32.2. The quantitative estimate of drug-likeness (QED) is 0.0462. The summed E-state index contributed by atoms with van der Waals surface area (Å²) < 4.78 is 32.2. The normalized spacial score (nSPS) is 13.8. The first-order valence-electron chi connectivity index (χ1n) is 16.5. The lowest BCUT2D eigenvalue weighted by Crippen LogP contribution is -2.46. The molecule has 3 N–H and O–H groups in total.